The van der Waals surface area contributed by atoms with E-state index in [9.17, 15) is 0 Å². The number of nitrogens with zero attached hydrogens (tertiary/aromatic N) is 2. The molecule has 15 heavy (non-hydrogen) atoms. The molecule has 4 nitrogen and oxygen atoms in total. The minimum Gasteiger partial charge on any atom is -0.380 e. The zero-order chi connectivity index (χ0) is 11.1. The zero-order valence-corrected chi connectivity index (χ0v) is 9.81. The largest absolute Gasteiger partial charge is 0.380 e. The van der Waals surface area contributed by atoms with Crippen molar-refractivity contribution >= 4 is 0 Å². The number of hydrogen-bond acceptors (Lipinski definition) is 3. The van der Waals surface area contributed by atoms with Crippen molar-refractivity contribution in [2.45, 2.75) is 32.9 Å². The molecule has 0 aromatic carbocycles. The van der Waals surface area contributed by atoms with Crippen LogP contribution in [-0.2, 0) is 4.74 Å². The second-order valence-electron chi connectivity index (χ2n) is 3.67. The van der Waals surface area contributed by atoms with Crippen LogP contribution in [0.15, 0.2) is 18.5 Å². The second kappa shape index (κ2) is 6.58. The van der Waals surface area contributed by atoms with Gasteiger partial charge < -0.3 is 10.1 Å². The van der Waals surface area contributed by atoms with Gasteiger partial charge in [0.1, 0.15) is 0 Å². The minimum absolute atomic E-state index is 0.363. The molecule has 1 rings (SSSR count). The fraction of sp³-hybridized carbons (Fsp3) is 0.727. The summed E-state index contributed by atoms with van der Waals surface area (Å²) in [6, 6.07) is 2.70. The maximum atomic E-state index is 5.27. The minimum atomic E-state index is 0.363. The summed E-state index contributed by atoms with van der Waals surface area (Å²) in [5.74, 6) is 0. The van der Waals surface area contributed by atoms with Crippen molar-refractivity contribution in [3.63, 3.8) is 0 Å². The van der Waals surface area contributed by atoms with Crippen molar-refractivity contribution in [3.05, 3.63) is 18.5 Å². The monoisotopic (exact) mass is 211 g/mol. The van der Waals surface area contributed by atoms with Crippen LogP contribution in [0.2, 0.25) is 0 Å². The molecule has 4 heteroatoms. The molecule has 0 aliphatic rings. The first-order valence-corrected chi connectivity index (χ1v) is 5.56. The third-order valence-corrected chi connectivity index (χ3v) is 2.58. The Morgan fingerprint density at radius 2 is 2.27 bits per heavy atom. The Morgan fingerprint density at radius 1 is 1.47 bits per heavy atom. The highest BCUT2D eigenvalue weighted by atomic mass is 16.5. The van der Waals surface area contributed by atoms with Crippen molar-refractivity contribution in [1.82, 2.24) is 15.1 Å². The summed E-state index contributed by atoms with van der Waals surface area (Å²) in [6.07, 6.45) is 3.80. The smallest absolute Gasteiger partial charge is 0.0641 e. The number of nitrogens with one attached hydrogen (secondary N) is 1. The molecule has 1 heterocycles. The van der Waals surface area contributed by atoms with Gasteiger partial charge in [0, 0.05) is 31.6 Å². The van der Waals surface area contributed by atoms with Gasteiger partial charge >= 0.3 is 0 Å². The Hall–Kier alpha value is -0.870. The predicted molar refractivity (Wildman–Crippen MR) is 60.9 cm³/mol. The van der Waals surface area contributed by atoms with Gasteiger partial charge in [-0.05, 0) is 26.8 Å². The lowest BCUT2D eigenvalue weighted by Gasteiger charge is -2.21. The van der Waals surface area contributed by atoms with E-state index in [2.05, 4.69) is 24.3 Å². The second-order valence-corrected chi connectivity index (χ2v) is 3.67. The fourth-order valence-corrected chi connectivity index (χ4v) is 1.42. The predicted octanol–water partition coefficient (Wildman–Crippen LogP) is 1.46. The van der Waals surface area contributed by atoms with E-state index in [-0.39, 0.29) is 0 Å². The molecule has 0 aliphatic carbocycles. The Kier molecular flexibility index (Phi) is 5.36. The van der Waals surface area contributed by atoms with Gasteiger partial charge in [-0.15, -0.1) is 0 Å². The van der Waals surface area contributed by atoms with E-state index in [1.54, 1.807) is 0 Å². The van der Waals surface area contributed by atoms with Crippen LogP contribution in [0.5, 0.6) is 0 Å². The van der Waals surface area contributed by atoms with Crippen molar-refractivity contribution in [1.29, 1.82) is 0 Å². The van der Waals surface area contributed by atoms with E-state index < -0.39 is 0 Å². The van der Waals surface area contributed by atoms with Crippen LogP contribution in [0.25, 0.3) is 0 Å². The van der Waals surface area contributed by atoms with Crippen LogP contribution in [0, 0.1) is 0 Å². The Labute approximate surface area is 91.6 Å². The van der Waals surface area contributed by atoms with E-state index in [0.717, 1.165) is 19.8 Å². The van der Waals surface area contributed by atoms with Crippen LogP contribution in [0.1, 0.15) is 26.8 Å². The van der Waals surface area contributed by atoms with Gasteiger partial charge in [-0.3, -0.25) is 4.68 Å². The highest BCUT2D eigenvalue weighted by Crippen LogP contribution is 2.08. The SMILES string of the molecule is CCOCCN[C@@H](C)[C@@H](C)n1cccn1. The normalized spacial score (nSPS) is 15.1. The number of rotatable bonds is 7. The van der Waals surface area contributed by atoms with Gasteiger partial charge in [0.15, 0.2) is 0 Å². The summed E-state index contributed by atoms with van der Waals surface area (Å²) >= 11 is 0. The third-order valence-electron chi connectivity index (χ3n) is 2.58. The molecule has 0 amide bonds. The Morgan fingerprint density at radius 3 is 2.87 bits per heavy atom. The first-order chi connectivity index (χ1) is 7.25. The maximum absolute atomic E-state index is 5.27. The Balaban J connectivity index is 2.24. The van der Waals surface area contributed by atoms with Crippen molar-refractivity contribution in [3.8, 4) is 0 Å². The van der Waals surface area contributed by atoms with Crippen LogP contribution < -0.4 is 5.32 Å². The highest BCUT2D eigenvalue weighted by molar-refractivity contribution is 4.83. The first-order valence-electron chi connectivity index (χ1n) is 5.56. The lowest BCUT2D eigenvalue weighted by Crippen LogP contribution is -2.36. The topological polar surface area (TPSA) is 39.1 Å². The molecule has 1 N–H and O–H groups in total. The summed E-state index contributed by atoms with van der Waals surface area (Å²) < 4.78 is 7.24. The van der Waals surface area contributed by atoms with E-state index in [0.29, 0.717) is 12.1 Å². The summed E-state index contributed by atoms with van der Waals surface area (Å²) in [5.41, 5.74) is 0. The van der Waals surface area contributed by atoms with Crippen LogP contribution >= 0.6 is 0 Å². The zero-order valence-electron chi connectivity index (χ0n) is 9.81. The summed E-state index contributed by atoms with van der Waals surface area (Å²) in [7, 11) is 0. The summed E-state index contributed by atoms with van der Waals surface area (Å²) in [4.78, 5) is 0. The molecule has 0 saturated carbocycles. The van der Waals surface area contributed by atoms with Crippen molar-refractivity contribution in [2.24, 2.45) is 0 Å². The molecule has 2 atom stereocenters. The molecular weight excluding hydrogens is 190 g/mol. The number of aromatic nitrogens is 2. The quantitative estimate of drug-likeness (QED) is 0.694. The average molecular weight is 211 g/mol. The Bertz CT molecular complexity index is 248. The van der Waals surface area contributed by atoms with Gasteiger partial charge in [-0.25, -0.2) is 0 Å². The molecule has 0 fully saturated rings. The first kappa shape index (κ1) is 12.2. The van der Waals surface area contributed by atoms with Gasteiger partial charge in [0.2, 0.25) is 0 Å². The molecule has 86 valence electrons. The lowest BCUT2D eigenvalue weighted by molar-refractivity contribution is 0.145. The van der Waals surface area contributed by atoms with Crippen molar-refractivity contribution < 1.29 is 4.74 Å². The molecule has 0 unspecified atom stereocenters. The number of hydrogen-bond donors (Lipinski definition) is 1. The molecule has 0 spiro atoms. The molecule has 0 bridgehead atoms. The maximum Gasteiger partial charge on any atom is 0.0641 e. The summed E-state index contributed by atoms with van der Waals surface area (Å²) in [5, 5.41) is 7.65. The van der Waals surface area contributed by atoms with E-state index >= 15 is 0 Å². The molecule has 0 radical (unpaired) electrons. The van der Waals surface area contributed by atoms with Crippen LogP contribution in [-0.4, -0.2) is 35.6 Å². The van der Waals surface area contributed by atoms with Gasteiger partial charge in [0.25, 0.3) is 0 Å². The van der Waals surface area contributed by atoms with E-state index in [1.807, 2.05) is 30.1 Å². The molecule has 0 saturated heterocycles. The van der Waals surface area contributed by atoms with Gasteiger partial charge in [-0.1, -0.05) is 0 Å². The van der Waals surface area contributed by atoms with Gasteiger partial charge in [0.05, 0.1) is 12.6 Å². The van der Waals surface area contributed by atoms with Crippen LogP contribution in [0.3, 0.4) is 0 Å². The van der Waals surface area contributed by atoms with Gasteiger partial charge in [-0.2, -0.15) is 5.10 Å². The highest BCUT2D eigenvalue weighted by Gasteiger charge is 2.12. The van der Waals surface area contributed by atoms with E-state index in [4.69, 9.17) is 4.74 Å². The molecule has 1 aromatic rings. The molecule has 1 aromatic heterocycles. The van der Waals surface area contributed by atoms with Crippen molar-refractivity contribution in [2.75, 3.05) is 19.8 Å². The molecular formula is C11H21N3O. The van der Waals surface area contributed by atoms with E-state index in [1.165, 1.54) is 0 Å². The fourth-order valence-electron chi connectivity index (χ4n) is 1.42. The molecule has 0 aliphatic heterocycles. The third kappa shape index (κ3) is 4.01. The standard InChI is InChI=1S/C11H21N3O/c1-4-15-9-7-12-10(2)11(3)14-8-5-6-13-14/h5-6,8,10-12H,4,7,9H2,1-3H3/t10-,11+/m0/s1. The van der Waals surface area contributed by atoms with Crippen LogP contribution in [0.4, 0.5) is 0 Å². The average Bonchev–Trinajstić information content (AvgIpc) is 2.76. The summed E-state index contributed by atoms with van der Waals surface area (Å²) in [6.45, 7) is 8.78. The number of ether oxygens (including phenoxy) is 1. The lowest BCUT2D eigenvalue weighted by atomic mass is 10.2.